The fourth-order valence-electron chi connectivity index (χ4n) is 5.11. The van der Waals surface area contributed by atoms with Crippen LogP contribution in [-0.4, -0.2) is 0 Å². The Morgan fingerprint density at radius 2 is 0.635 bits per heavy atom. The van der Waals surface area contributed by atoms with Crippen molar-refractivity contribution in [3.05, 3.63) is 211 Å². The Morgan fingerprint density at radius 3 is 1.12 bits per heavy atom. The number of benzene rings is 6. The minimum atomic E-state index is -0.350. The van der Waals surface area contributed by atoms with E-state index >= 15 is 0 Å². The lowest BCUT2D eigenvalue weighted by molar-refractivity contribution is 0.618. The highest BCUT2D eigenvalue weighted by molar-refractivity contribution is 5.52. The van der Waals surface area contributed by atoms with Crippen molar-refractivity contribution in [2.45, 2.75) is 41.5 Å². The fourth-order valence-corrected chi connectivity index (χ4v) is 5.11. The van der Waals surface area contributed by atoms with E-state index in [9.17, 15) is 8.78 Å². The number of hydrogen-bond donors (Lipinski definition) is 0. The zero-order valence-corrected chi connectivity index (χ0v) is 30.3. The van der Waals surface area contributed by atoms with Gasteiger partial charge in [-0.25, -0.2) is 8.78 Å². The Labute approximate surface area is 307 Å². The van der Waals surface area contributed by atoms with Crippen molar-refractivity contribution in [1.29, 1.82) is 0 Å². The largest absolute Gasteiger partial charge is 0.207 e. The lowest BCUT2D eigenvalue weighted by Gasteiger charge is -1.99. The first kappa shape index (κ1) is 36.7. The Morgan fingerprint density at radius 1 is 0.288 bits per heavy atom. The van der Waals surface area contributed by atoms with Gasteiger partial charge in [-0.05, 0) is 137 Å². The number of halogens is 2. The minimum absolute atomic E-state index is 0.228. The summed E-state index contributed by atoms with van der Waals surface area (Å²) in [7, 11) is 0. The van der Waals surface area contributed by atoms with Gasteiger partial charge in [0.1, 0.15) is 11.6 Å². The van der Waals surface area contributed by atoms with Gasteiger partial charge in [0.15, 0.2) is 0 Å². The second-order valence-corrected chi connectivity index (χ2v) is 12.7. The van der Waals surface area contributed by atoms with Crippen LogP contribution in [0, 0.1) is 101 Å². The molecule has 0 nitrogen and oxygen atoms in total. The van der Waals surface area contributed by atoms with E-state index in [1.165, 1.54) is 34.4 Å². The van der Waals surface area contributed by atoms with Crippen molar-refractivity contribution in [3.8, 4) is 47.4 Å². The molecule has 6 aromatic rings. The molecule has 0 heterocycles. The molecule has 0 atom stereocenters. The summed E-state index contributed by atoms with van der Waals surface area (Å²) in [6.45, 7) is 12.0. The average Bonchev–Trinajstić information content (AvgIpc) is 3.12. The molecule has 0 aliphatic rings. The van der Waals surface area contributed by atoms with Crippen LogP contribution in [0.3, 0.4) is 0 Å². The van der Waals surface area contributed by atoms with Gasteiger partial charge >= 0.3 is 0 Å². The average molecular weight is 677 g/mol. The summed E-state index contributed by atoms with van der Waals surface area (Å²) >= 11 is 0. The SMILES string of the molecule is Cc1ccc(C#Cc2ccc(C#Cc3ccc(C)c(F)c3)cc2)c(C)c1.Cc1ccc(C#Cc2ccc(C#Cc3ccc(C)cc3C)cc2F)cc1. The Bertz CT molecular complexity index is 2490. The fraction of sp³-hybridized carbons (Fsp3) is 0.120. The molecule has 6 aromatic carbocycles. The third-order valence-electron chi connectivity index (χ3n) is 8.22. The van der Waals surface area contributed by atoms with Gasteiger partial charge in [-0.3, -0.25) is 0 Å². The predicted octanol–water partition coefficient (Wildman–Crippen LogP) is 11.1. The summed E-state index contributed by atoms with van der Waals surface area (Å²) in [4.78, 5) is 0. The molecular weight excluding hydrogens is 639 g/mol. The molecule has 52 heavy (non-hydrogen) atoms. The van der Waals surface area contributed by atoms with Crippen molar-refractivity contribution in [3.63, 3.8) is 0 Å². The molecule has 0 spiro atoms. The van der Waals surface area contributed by atoms with Crippen LogP contribution in [0.2, 0.25) is 0 Å². The third-order valence-corrected chi connectivity index (χ3v) is 8.22. The van der Waals surface area contributed by atoms with E-state index in [4.69, 9.17) is 0 Å². The Kier molecular flexibility index (Phi) is 12.3. The highest BCUT2D eigenvalue weighted by atomic mass is 19.1. The minimum Gasteiger partial charge on any atom is -0.207 e. The second kappa shape index (κ2) is 17.4. The zero-order valence-electron chi connectivity index (χ0n) is 30.3. The third kappa shape index (κ3) is 10.7. The van der Waals surface area contributed by atoms with E-state index in [-0.39, 0.29) is 11.6 Å². The number of hydrogen-bond acceptors (Lipinski definition) is 0. The van der Waals surface area contributed by atoms with Crippen LogP contribution in [0.5, 0.6) is 0 Å². The van der Waals surface area contributed by atoms with Gasteiger partial charge < -0.3 is 0 Å². The summed E-state index contributed by atoms with van der Waals surface area (Å²) in [5.74, 6) is 23.9. The maximum absolute atomic E-state index is 14.3. The van der Waals surface area contributed by atoms with Crippen molar-refractivity contribution >= 4 is 0 Å². The van der Waals surface area contributed by atoms with Crippen LogP contribution in [0.15, 0.2) is 121 Å². The first-order valence-electron chi connectivity index (χ1n) is 17.0. The van der Waals surface area contributed by atoms with E-state index in [1.807, 2.05) is 80.6 Å². The van der Waals surface area contributed by atoms with Gasteiger partial charge in [0.05, 0.1) is 5.56 Å². The Balaban J connectivity index is 0.000000201. The van der Waals surface area contributed by atoms with Gasteiger partial charge in [-0.2, -0.15) is 0 Å². The lowest BCUT2D eigenvalue weighted by atomic mass is 10.1. The van der Waals surface area contributed by atoms with Gasteiger partial charge in [-0.1, -0.05) is 107 Å². The zero-order chi connectivity index (χ0) is 37.0. The normalized spacial score (nSPS) is 9.69. The molecule has 0 bridgehead atoms. The standard InChI is InChI=1S/2C25H19F/c1-18-4-7-21(8-5-18)9-14-24-15-11-22(17-25(24)26)10-13-23-12-6-19(2)16-20(23)3;1-18-4-14-24(20(3)16-18)15-13-22-9-7-21(8-10-22)11-12-23-6-5-19(2)25(26)17-23/h4-8,11-12,15-17H,1-3H3;4-10,14,16-17H,1-3H3. The molecule has 0 unspecified atom stereocenters. The van der Waals surface area contributed by atoms with Crippen molar-refractivity contribution < 1.29 is 8.78 Å². The molecule has 252 valence electrons. The lowest BCUT2D eigenvalue weighted by Crippen LogP contribution is -1.87. The van der Waals surface area contributed by atoms with Gasteiger partial charge in [0.2, 0.25) is 0 Å². The van der Waals surface area contributed by atoms with Gasteiger partial charge in [0.25, 0.3) is 0 Å². The Hall–Kier alpha value is -6.58. The number of aryl methyl sites for hydroxylation is 6. The van der Waals surface area contributed by atoms with Crippen LogP contribution in [-0.2, 0) is 0 Å². The van der Waals surface area contributed by atoms with Crippen LogP contribution >= 0.6 is 0 Å². The molecule has 0 amide bonds. The molecule has 2 heteroatoms. The highest BCUT2D eigenvalue weighted by Gasteiger charge is 2.01. The molecule has 0 saturated carbocycles. The predicted molar refractivity (Wildman–Crippen MR) is 211 cm³/mol. The van der Waals surface area contributed by atoms with Crippen molar-refractivity contribution in [2.24, 2.45) is 0 Å². The molecule has 6 rings (SSSR count). The van der Waals surface area contributed by atoms with Crippen LogP contribution < -0.4 is 0 Å². The molecular formula is C50H38F2. The molecule has 0 aliphatic carbocycles. The summed E-state index contributed by atoms with van der Waals surface area (Å²) in [5, 5.41) is 0. The molecule has 0 aromatic heterocycles. The number of rotatable bonds is 0. The summed E-state index contributed by atoms with van der Waals surface area (Å²) in [6.07, 6.45) is 0. The van der Waals surface area contributed by atoms with Gasteiger partial charge in [-0.15, -0.1) is 0 Å². The molecule has 0 fully saturated rings. The first-order valence-corrected chi connectivity index (χ1v) is 17.0. The molecule has 0 saturated heterocycles. The van der Waals surface area contributed by atoms with E-state index in [2.05, 4.69) is 92.4 Å². The van der Waals surface area contributed by atoms with Crippen molar-refractivity contribution in [2.75, 3.05) is 0 Å². The maximum Gasteiger partial charge on any atom is 0.140 e. The monoisotopic (exact) mass is 676 g/mol. The summed E-state index contributed by atoms with van der Waals surface area (Å²) in [5.41, 5.74) is 12.9. The van der Waals surface area contributed by atoms with E-state index in [0.29, 0.717) is 22.3 Å². The topological polar surface area (TPSA) is 0 Å². The quantitative estimate of drug-likeness (QED) is 0.141. The van der Waals surface area contributed by atoms with E-state index in [0.717, 1.165) is 33.4 Å². The maximum atomic E-state index is 14.3. The van der Waals surface area contributed by atoms with Crippen molar-refractivity contribution in [1.82, 2.24) is 0 Å². The smallest absolute Gasteiger partial charge is 0.140 e. The molecule has 0 N–H and O–H groups in total. The molecule has 0 radical (unpaired) electrons. The molecule has 0 aliphatic heterocycles. The summed E-state index contributed by atoms with van der Waals surface area (Å²) in [6, 6.07) is 38.0. The van der Waals surface area contributed by atoms with Crippen LogP contribution in [0.4, 0.5) is 8.78 Å². The van der Waals surface area contributed by atoms with E-state index < -0.39 is 0 Å². The summed E-state index contributed by atoms with van der Waals surface area (Å²) < 4.78 is 27.9. The highest BCUT2D eigenvalue weighted by Crippen LogP contribution is 2.13. The van der Waals surface area contributed by atoms with Crippen LogP contribution in [0.1, 0.15) is 77.9 Å². The first-order chi connectivity index (χ1) is 25.0. The van der Waals surface area contributed by atoms with Crippen LogP contribution in [0.25, 0.3) is 0 Å². The second-order valence-electron chi connectivity index (χ2n) is 12.7. The van der Waals surface area contributed by atoms with E-state index in [1.54, 1.807) is 25.1 Å². The van der Waals surface area contributed by atoms with Gasteiger partial charge in [0, 0.05) is 38.9 Å².